The lowest BCUT2D eigenvalue weighted by molar-refractivity contribution is -0.141. The van der Waals surface area contributed by atoms with Gasteiger partial charge in [0.1, 0.15) is 5.75 Å². The highest BCUT2D eigenvalue weighted by Crippen LogP contribution is 2.47. The summed E-state index contributed by atoms with van der Waals surface area (Å²) >= 11 is 0. The van der Waals surface area contributed by atoms with Gasteiger partial charge in [-0.2, -0.15) is 0 Å². The molecule has 1 amide bonds. The van der Waals surface area contributed by atoms with E-state index in [2.05, 4.69) is 40.1 Å². The first-order chi connectivity index (χ1) is 16.4. The average molecular weight is 465 g/mol. The van der Waals surface area contributed by atoms with Gasteiger partial charge >= 0.3 is 5.97 Å². The average Bonchev–Trinajstić information content (AvgIpc) is 3.63. The van der Waals surface area contributed by atoms with E-state index in [9.17, 15) is 14.7 Å². The molecule has 4 rings (SSSR count). The molecule has 0 spiro atoms. The molecule has 2 fully saturated rings. The van der Waals surface area contributed by atoms with Crippen LogP contribution in [0.3, 0.4) is 0 Å². The quantitative estimate of drug-likeness (QED) is 0.569. The van der Waals surface area contributed by atoms with Crippen LogP contribution in [0.15, 0.2) is 54.6 Å². The number of hydrogen-bond donors (Lipinski definition) is 1. The minimum atomic E-state index is -0.181. The predicted octanol–water partition coefficient (Wildman–Crippen LogP) is 3.98. The normalized spacial score (nSPS) is 21.6. The molecule has 0 radical (unpaired) electrons. The Kier molecular flexibility index (Phi) is 7.57. The van der Waals surface area contributed by atoms with Crippen LogP contribution >= 0.6 is 0 Å². The van der Waals surface area contributed by atoms with Gasteiger partial charge in [-0.25, -0.2) is 0 Å². The van der Waals surface area contributed by atoms with Crippen molar-refractivity contribution < 1.29 is 19.4 Å². The van der Waals surface area contributed by atoms with Gasteiger partial charge in [0.2, 0.25) is 5.91 Å². The van der Waals surface area contributed by atoms with E-state index >= 15 is 0 Å². The molecular formula is C28H36N2O4. The Labute approximate surface area is 202 Å². The maximum atomic E-state index is 12.8. The van der Waals surface area contributed by atoms with Gasteiger partial charge in [0.05, 0.1) is 13.5 Å². The Morgan fingerprint density at radius 3 is 2.50 bits per heavy atom. The monoisotopic (exact) mass is 464 g/mol. The van der Waals surface area contributed by atoms with Gasteiger partial charge < -0.3 is 19.6 Å². The molecule has 2 atom stereocenters. The lowest BCUT2D eigenvalue weighted by Gasteiger charge is -2.45. The summed E-state index contributed by atoms with van der Waals surface area (Å²) in [4.78, 5) is 28.8. The first kappa shape index (κ1) is 24.3. The highest BCUT2D eigenvalue weighted by Gasteiger charge is 2.47. The van der Waals surface area contributed by atoms with E-state index in [0.717, 1.165) is 50.9 Å². The number of methoxy groups -OCH3 is 1. The minimum Gasteiger partial charge on any atom is -0.508 e. The first-order valence-electron chi connectivity index (χ1n) is 12.3. The summed E-state index contributed by atoms with van der Waals surface area (Å²) in [6, 6.07) is 18.2. The number of phenolic OH excluding ortho intramolecular Hbond substituents is 1. The summed E-state index contributed by atoms with van der Waals surface area (Å²) in [7, 11) is 1.43. The first-order valence-corrected chi connectivity index (χ1v) is 12.3. The van der Waals surface area contributed by atoms with Gasteiger partial charge in [-0.3, -0.25) is 9.59 Å². The summed E-state index contributed by atoms with van der Waals surface area (Å²) in [6.45, 7) is 4.87. The van der Waals surface area contributed by atoms with Crippen LogP contribution in [0.25, 0.3) is 0 Å². The molecule has 2 aliphatic rings. The molecule has 6 nitrogen and oxygen atoms in total. The van der Waals surface area contributed by atoms with Gasteiger partial charge in [-0.1, -0.05) is 42.5 Å². The zero-order valence-electron chi connectivity index (χ0n) is 20.3. The van der Waals surface area contributed by atoms with Gasteiger partial charge in [0, 0.05) is 32.0 Å². The number of aromatic hydroxyl groups is 1. The van der Waals surface area contributed by atoms with Gasteiger partial charge in [-0.05, 0) is 67.4 Å². The number of phenols is 1. The number of benzene rings is 2. The topological polar surface area (TPSA) is 70.1 Å². The molecule has 6 heteroatoms. The molecule has 1 N–H and O–H groups in total. The number of hydrogen-bond acceptors (Lipinski definition) is 5. The predicted molar refractivity (Wildman–Crippen MR) is 132 cm³/mol. The zero-order valence-corrected chi connectivity index (χ0v) is 20.3. The number of ether oxygens (including phenoxy) is 1. The van der Waals surface area contributed by atoms with E-state index in [-0.39, 0.29) is 29.1 Å². The van der Waals surface area contributed by atoms with Crippen LogP contribution in [0.1, 0.15) is 49.7 Å². The van der Waals surface area contributed by atoms with Crippen LogP contribution < -0.4 is 0 Å². The maximum Gasteiger partial charge on any atom is 0.306 e. The second-order valence-electron chi connectivity index (χ2n) is 9.98. The third-order valence-corrected chi connectivity index (χ3v) is 7.56. The molecule has 1 unspecified atom stereocenters. The van der Waals surface area contributed by atoms with E-state index < -0.39 is 0 Å². The number of carbonyl (C=O) groups is 2. The number of nitrogens with zero attached hydrogens (tertiary/aromatic N) is 2. The summed E-state index contributed by atoms with van der Waals surface area (Å²) in [5, 5.41) is 10.0. The minimum absolute atomic E-state index is 0.0644. The zero-order chi connectivity index (χ0) is 24.1. The highest BCUT2D eigenvalue weighted by molar-refractivity contribution is 5.74. The number of amides is 1. The molecule has 2 aromatic carbocycles. The third-order valence-electron chi connectivity index (χ3n) is 7.56. The van der Waals surface area contributed by atoms with Gasteiger partial charge in [0.25, 0.3) is 0 Å². The fourth-order valence-electron chi connectivity index (χ4n) is 5.50. The second-order valence-corrected chi connectivity index (χ2v) is 9.98. The summed E-state index contributed by atoms with van der Waals surface area (Å²) in [5.41, 5.74) is 2.34. The number of piperidine rings is 1. The Hall–Kier alpha value is -2.86. The summed E-state index contributed by atoms with van der Waals surface area (Å²) in [6.07, 6.45) is 4.11. The van der Waals surface area contributed by atoms with Crippen LogP contribution in [0.4, 0.5) is 0 Å². The number of esters is 1. The lowest BCUT2D eigenvalue weighted by Crippen LogP contribution is -2.49. The molecule has 2 aromatic rings. The Balaban J connectivity index is 1.49. The van der Waals surface area contributed by atoms with Crippen molar-refractivity contribution in [2.45, 2.75) is 51.0 Å². The van der Waals surface area contributed by atoms with E-state index in [4.69, 9.17) is 4.74 Å². The molecule has 0 aromatic heterocycles. The molecule has 1 aliphatic carbocycles. The molecular weight excluding hydrogens is 428 g/mol. The number of carbonyl (C=O) groups excluding carboxylic acids is 2. The van der Waals surface area contributed by atoms with E-state index in [1.807, 2.05) is 18.2 Å². The van der Waals surface area contributed by atoms with Gasteiger partial charge in [-0.15, -0.1) is 0 Å². The van der Waals surface area contributed by atoms with Gasteiger partial charge in [0.15, 0.2) is 0 Å². The molecule has 1 heterocycles. The fraction of sp³-hybridized carbons (Fsp3) is 0.500. The van der Waals surface area contributed by atoms with Crippen LogP contribution in [-0.2, 0) is 20.7 Å². The van der Waals surface area contributed by atoms with Crippen LogP contribution in [0, 0.1) is 5.41 Å². The highest BCUT2D eigenvalue weighted by atomic mass is 16.5. The van der Waals surface area contributed by atoms with Crippen molar-refractivity contribution in [3.63, 3.8) is 0 Å². The second kappa shape index (κ2) is 10.6. The van der Waals surface area contributed by atoms with Crippen molar-refractivity contribution in [3.05, 3.63) is 65.7 Å². The van der Waals surface area contributed by atoms with Crippen LogP contribution in [-0.4, -0.2) is 66.1 Å². The Morgan fingerprint density at radius 1 is 1.12 bits per heavy atom. The fourth-order valence-corrected chi connectivity index (χ4v) is 5.50. The van der Waals surface area contributed by atoms with Crippen molar-refractivity contribution in [2.24, 2.45) is 5.41 Å². The van der Waals surface area contributed by atoms with E-state index in [1.165, 1.54) is 12.7 Å². The van der Waals surface area contributed by atoms with Crippen LogP contribution in [0.2, 0.25) is 0 Å². The van der Waals surface area contributed by atoms with Crippen molar-refractivity contribution in [3.8, 4) is 5.75 Å². The lowest BCUT2D eigenvalue weighted by atomic mass is 9.73. The summed E-state index contributed by atoms with van der Waals surface area (Å²) < 4.78 is 4.80. The van der Waals surface area contributed by atoms with Crippen molar-refractivity contribution in [1.29, 1.82) is 0 Å². The molecule has 1 saturated heterocycles. The summed E-state index contributed by atoms with van der Waals surface area (Å²) in [5.74, 6) is 0.632. The molecule has 34 heavy (non-hydrogen) atoms. The van der Waals surface area contributed by atoms with Crippen molar-refractivity contribution >= 4 is 11.9 Å². The standard InChI is InChI=1S/C28H36N2O4/c1-21(31)30(26-18-25(26)23-8-4-3-5-9-23)20-28(19-22-7-6-10-24(32)17-22)12-15-29(16-13-28)14-11-27(33)34-2/h3-10,17,25-26,32H,11-16,18-20H2,1-2H3/t25?,26-/m1/s1. The smallest absolute Gasteiger partial charge is 0.306 e. The van der Waals surface area contributed by atoms with E-state index in [0.29, 0.717) is 18.9 Å². The number of rotatable bonds is 9. The molecule has 182 valence electrons. The SMILES string of the molecule is COC(=O)CCN1CCC(Cc2cccc(O)c2)(CN(C(C)=O)[C@@H]2CC2c2ccccc2)CC1. The Morgan fingerprint density at radius 2 is 1.85 bits per heavy atom. The number of likely N-dealkylation sites (tertiary alicyclic amines) is 1. The molecule has 1 saturated carbocycles. The molecule has 0 bridgehead atoms. The largest absolute Gasteiger partial charge is 0.508 e. The van der Waals surface area contributed by atoms with E-state index in [1.54, 1.807) is 13.0 Å². The van der Waals surface area contributed by atoms with Crippen molar-refractivity contribution in [1.82, 2.24) is 9.80 Å². The molecule has 1 aliphatic heterocycles. The third kappa shape index (κ3) is 5.98. The Bertz CT molecular complexity index is 985. The maximum absolute atomic E-state index is 12.8. The van der Waals surface area contributed by atoms with Crippen molar-refractivity contribution in [2.75, 3.05) is 33.3 Å². The van der Waals surface area contributed by atoms with Crippen LogP contribution in [0.5, 0.6) is 5.75 Å².